The minimum atomic E-state index is -0.247. The van der Waals surface area contributed by atoms with Gasteiger partial charge in [0.25, 0.3) is 0 Å². The SMILES string of the molecule is C=C1N(CC(=O)OC)c2ccccc2C12CCCC(N)C2. The lowest BCUT2D eigenvalue weighted by Crippen LogP contribution is -2.41. The van der Waals surface area contributed by atoms with Gasteiger partial charge in [-0.2, -0.15) is 0 Å². The first-order valence-electron chi connectivity index (χ1n) is 7.47. The van der Waals surface area contributed by atoms with Gasteiger partial charge in [-0.1, -0.05) is 31.2 Å². The minimum Gasteiger partial charge on any atom is -0.468 e. The van der Waals surface area contributed by atoms with Gasteiger partial charge < -0.3 is 15.4 Å². The van der Waals surface area contributed by atoms with Gasteiger partial charge in [0.15, 0.2) is 0 Å². The van der Waals surface area contributed by atoms with Crippen LogP contribution in [0.2, 0.25) is 0 Å². The maximum Gasteiger partial charge on any atom is 0.325 e. The van der Waals surface area contributed by atoms with E-state index in [1.54, 1.807) is 0 Å². The van der Waals surface area contributed by atoms with Crippen LogP contribution in [0, 0.1) is 0 Å². The molecule has 1 aromatic carbocycles. The second kappa shape index (κ2) is 5.19. The summed E-state index contributed by atoms with van der Waals surface area (Å²) in [5.41, 5.74) is 9.44. The number of rotatable bonds is 2. The third-order valence-corrected chi connectivity index (χ3v) is 4.89. The number of para-hydroxylation sites is 1. The summed E-state index contributed by atoms with van der Waals surface area (Å²) in [5, 5.41) is 0. The van der Waals surface area contributed by atoms with E-state index in [-0.39, 0.29) is 24.0 Å². The molecule has 0 amide bonds. The Morgan fingerprint density at radius 3 is 3.00 bits per heavy atom. The van der Waals surface area contributed by atoms with Gasteiger partial charge in [-0.25, -0.2) is 0 Å². The summed E-state index contributed by atoms with van der Waals surface area (Å²) in [7, 11) is 1.42. The van der Waals surface area contributed by atoms with Crippen molar-refractivity contribution in [3.8, 4) is 0 Å². The summed E-state index contributed by atoms with van der Waals surface area (Å²) >= 11 is 0. The molecule has 2 N–H and O–H groups in total. The van der Waals surface area contributed by atoms with E-state index in [1.165, 1.54) is 12.7 Å². The second-order valence-electron chi connectivity index (χ2n) is 6.06. The molecule has 2 unspecified atom stereocenters. The number of nitrogens with two attached hydrogens (primary N) is 1. The van der Waals surface area contributed by atoms with Crippen molar-refractivity contribution >= 4 is 11.7 Å². The molecule has 0 radical (unpaired) electrons. The fraction of sp³-hybridized carbons (Fsp3) is 0.471. The number of benzene rings is 1. The van der Waals surface area contributed by atoms with Crippen molar-refractivity contribution in [2.45, 2.75) is 37.1 Å². The molecule has 0 bridgehead atoms. The molecule has 0 saturated heterocycles. The molecule has 1 aliphatic heterocycles. The molecule has 1 saturated carbocycles. The minimum absolute atomic E-state index is 0.109. The van der Waals surface area contributed by atoms with E-state index in [0.717, 1.165) is 37.1 Å². The van der Waals surface area contributed by atoms with E-state index in [9.17, 15) is 4.79 Å². The van der Waals surface area contributed by atoms with Gasteiger partial charge in [0, 0.05) is 22.8 Å². The Bertz CT molecular complexity index is 584. The highest BCUT2D eigenvalue weighted by molar-refractivity contribution is 5.81. The summed E-state index contributed by atoms with van der Waals surface area (Å²) < 4.78 is 4.83. The van der Waals surface area contributed by atoms with Gasteiger partial charge in [0.2, 0.25) is 0 Å². The van der Waals surface area contributed by atoms with Crippen molar-refractivity contribution in [1.29, 1.82) is 0 Å². The van der Waals surface area contributed by atoms with Crippen molar-refractivity contribution in [2.24, 2.45) is 5.73 Å². The van der Waals surface area contributed by atoms with E-state index < -0.39 is 0 Å². The standard InChI is InChI=1S/C17H22N2O2/c1-12-17(9-5-6-13(18)10-17)14-7-3-4-8-15(14)19(12)11-16(20)21-2/h3-4,7-8,13H,1,5-6,9-11,18H2,2H3. The van der Waals surface area contributed by atoms with Crippen LogP contribution in [0.15, 0.2) is 36.5 Å². The monoisotopic (exact) mass is 286 g/mol. The van der Waals surface area contributed by atoms with Crippen LogP contribution in [0.25, 0.3) is 0 Å². The van der Waals surface area contributed by atoms with Gasteiger partial charge >= 0.3 is 5.97 Å². The summed E-state index contributed by atoms with van der Waals surface area (Å²) in [6, 6.07) is 8.45. The van der Waals surface area contributed by atoms with Crippen molar-refractivity contribution in [2.75, 3.05) is 18.6 Å². The molecule has 112 valence electrons. The number of carbonyl (C=O) groups is 1. The number of nitrogens with zero attached hydrogens (tertiary/aromatic N) is 1. The third-order valence-electron chi connectivity index (χ3n) is 4.89. The third kappa shape index (κ3) is 2.14. The first-order chi connectivity index (χ1) is 10.1. The molecule has 1 aliphatic carbocycles. The number of allylic oxidation sites excluding steroid dienone is 1. The molecule has 2 atom stereocenters. The average Bonchev–Trinajstić information content (AvgIpc) is 2.70. The maximum absolute atomic E-state index is 11.7. The first kappa shape index (κ1) is 14.1. The number of ether oxygens (including phenoxy) is 1. The van der Waals surface area contributed by atoms with Crippen molar-refractivity contribution in [3.63, 3.8) is 0 Å². The largest absolute Gasteiger partial charge is 0.468 e. The summed E-state index contributed by atoms with van der Waals surface area (Å²) in [5.74, 6) is -0.247. The Labute approximate surface area is 125 Å². The van der Waals surface area contributed by atoms with Crippen LogP contribution < -0.4 is 10.6 Å². The van der Waals surface area contributed by atoms with E-state index in [1.807, 2.05) is 11.0 Å². The molecule has 4 nitrogen and oxygen atoms in total. The number of hydrogen-bond donors (Lipinski definition) is 1. The first-order valence-corrected chi connectivity index (χ1v) is 7.47. The fourth-order valence-electron chi connectivity index (χ4n) is 3.87. The maximum atomic E-state index is 11.7. The zero-order valence-electron chi connectivity index (χ0n) is 12.5. The highest BCUT2D eigenvalue weighted by atomic mass is 16.5. The Balaban J connectivity index is 2.04. The highest BCUT2D eigenvalue weighted by Gasteiger charge is 2.48. The molecular weight excluding hydrogens is 264 g/mol. The quantitative estimate of drug-likeness (QED) is 0.848. The van der Waals surface area contributed by atoms with E-state index >= 15 is 0 Å². The van der Waals surface area contributed by atoms with Crippen LogP contribution in [0.1, 0.15) is 31.2 Å². The van der Waals surface area contributed by atoms with Crippen LogP contribution >= 0.6 is 0 Å². The zero-order chi connectivity index (χ0) is 15.0. The predicted octanol–water partition coefficient (Wildman–Crippen LogP) is 2.33. The Hall–Kier alpha value is -1.81. The lowest BCUT2D eigenvalue weighted by Gasteiger charge is -2.39. The summed E-state index contributed by atoms with van der Waals surface area (Å²) in [6.45, 7) is 4.52. The highest BCUT2D eigenvalue weighted by Crippen LogP contribution is 2.54. The molecule has 4 heteroatoms. The van der Waals surface area contributed by atoms with Crippen LogP contribution in [0.3, 0.4) is 0 Å². The van der Waals surface area contributed by atoms with Crippen LogP contribution in [-0.4, -0.2) is 25.7 Å². The topological polar surface area (TPSA) is 55.6 Å². The molecule has 0 aromatic heterocycles. The lowest BCUT2D eigenvalue weighted by atomic mass is 9.67. The number of methoxy groups -OCH3 is 1. The van der Waals surface area contributed by atoms with Gasteiger partial charge in [-0.15, -0.1) is 0 Å². The molecule has 1 heterocycles. The van der Waals surface area contributed by atoms with E-state index in [2.05, 4.69) is 24.8 Å². The molecule has 1 spiro atoms. The zero-order valence-corrected chi connectivity index (χ0v) is 12.5. The fourth-order valence-corrected chi connectivity index (χ4v) is 3.87. The molecule has 1 fully saturated rings. The molecule has 2 aliphatic rings. The number of carbonyl (C=O) groups excluding carboxylic acids is 1. The number of fused-ring (bicyclic) bond motifs is 2. The lowest BCUT2D eigenvalue weighted by molar-refractivity contribution is -0.138. The van der Waals surface area contributed by atoms with Crippen LogP contribution in [0.5, 0.6) is 0 Å². The molecule has 1 aromatic rings. The molecule has 21 heavy (non-hydrogen) atoms. The van der Waals surface area contributed by atoms with Crippen molar-refractivity contribution in [3.05, 3.63) is 42.1 Å². The predicted molar refractivity (Wildman–Crippen MR) is 83.1 cm³/mol. The average molecular weight is 286 g/mol. The van der Waals surface area contributed by atoms with Crippen molar-refractivity contribution < 1.29 is 9.53 Å². The van der Waals surface area contributed by atoms with E-state index in [0.29, 0.717) is 0 Å². The number of esters is 1. The Morgan fingerprint density at radius 2 is 2.29 bits per heavy atom. The molecular formula is C17H22N2O2. The summed E-state index contributed by atoms with van der Waals surface area (Å²) in [6.07, 6.45) is 4.11. The van der Waals surface area contributed by atoms with Crippen LogP contribution in [0.4, 0.5) is 5.69 Å². The number of hydrogen-bond acceptors (Lipinski definition) is 4. The van der Waals surface area contributed by atoms with E-state index in [4.69, 9.17) is 10.5 Å². The van der Waals surface area contributed by atoms with Gasteiger partial charge in [-0.05, 0) is 30.9 Å². The van der Waals surface area contributed by atoms with Crippen molar-refractivity contribution in [1.82, 2.24) is 0 Å². The van der Waals surface area contributed by atoms with Gasteiger partial charge in [0.1, 0.15) is 6.54 Å². The summed E-state index contributed by atoms with van der Waals surface area (Å²) in [4.78, 5) is 13.7. The van der Waals surface area contributed by atoms with Crippen LogP contribution in [-0.2, 0) is 14.9 Å². The Morgan fingerprint density at radius 1 is 1.52 bits per heavy atom. The Kier molecular flexibility index (Phi) is 3.49. The van der Waals surface area contributed by atoms with Gasteiger partial charge in [0.05, 0.1) is 7.11 Å². The normalized spacial score (nSPS) is 27.8. The molecule has 3 rings (SSSR count). The number of anilines is 1. The smallest absolute Gasteiger partial charge is 0.325 e. The second-order valence-corrected chi connectivity index (χ2v) is 6.06. The van der Waals surface area contributed by atoms with Gasteiger partial charge in [-0.3, -0.25) is 4.79 Å².